The highest BCUT2D eigenvalue weighted by Gasteiger charge is 2.34. The summed E-state index contributed by atoms with van der Waals surface area (Å²) in [7, 11) is -1.65. The lowest BCUT2D eigenvalue weighted by Gasteiger charge is -2.40. The standard InChI is InChI=1S/C27H56NO4P/c1-4-6-7-8-9-10-11-12-13-14-15-16-17-18-19-20-26-31-33(29,30)32-27-21-24-28(3,23-5-2)25-22-27/h27H,4-26H2,1-3H3/p+1. The smallest absolute Gasteiger partial charge is 0.326 e. The monoisotopic (exact) mass is 490 g/mol. The number of unbranched alkanes of at least 4 members (excludes halogenated alkanes) is 15. The van der Waals surface area contributed by atoms with E-state index in [-0.39, 0.29) is 6.10 Å². The van der Waals surface area contributed by atoms with Gasteiger partial charge in [0.1, 0.15) is 0 Å². The fourth-order valence-electron chi connectivity index (χ4n) is 5.09. The van der Waals surface area contributed by atoms with E-state index in [0.29, 0.717) is 6.61 Å². The third-order valence-corrected chi connectivity index (χ3v) is 8.35. The van der Waals surface area contributed by atoms with Crippen molar-refractivity contribution in [1.82, 2.24) is 0 Å². The average Bonchev–Trinajstić information content (AvgIpc) is 2.77. The molecule has 6 heteroatoms. The van der Waals surface area contributed by atoms with Gasteiger partial charge < -0.3 is 9.38 Å². The Morgan fingerprint density at radius 1 is 0.727 bits per heavy atom. The maximum atomic E-state index is 12.2. The Labute approximate surface area is 206 Å². The van der Waals surface area contributed by atoms with Crippen LogP contribution < -0.4 is 0 Å². The zero-order chi connectivity index (χ0) is 24.3. The molecule has 0 aromatic rings. The van der Waals surface area contributed by atoms with Gasteiger partial charge in [0.05, 0.1) is 39.4 Å². The first kappa shape index (κ1) is 31.1. The molecule has 0 amide bonds. The van der Waals surface area contributed by atoms with Gasteiger partial charge in [-0.1, -0.05) is 110 Å². The molecule has 1 saturated heterocycles. The predicted octanol–water partition coefficient (Wildman–Crippen LogP) is 8.40. The van der Waals surface area contributed by atoms with E-state index in [4.69, 9.17) is 9.05 Å². The lowest BCUT2D eigenvalue weighted by atomic mass is 10.0. The molecule has 0 aliphatic carbocycles. The fraction of sp³-hybridized carbons (Fsp3) is 1.00. The number of hydrogen-bond acceptors (Lipinski definition) is 3. The average molecular weight is 491 g/mol. The third-order valence-electron chi connectivity index (χ3n) is 7.28. The minimum Gasteiger partial charge on any atom is -0.326 e. The molecule has 5 nitrogen and oxygen atoms in total. The maximum Gasteiger partial charge on any atom is 0.472 e. The van der Waals surface area contributed by atoms with Gasteiger partial charge in [-0.15, -0.1) is 0 Å². The molecule has 1 unspecified atom stereocenters. The van der Waals surface area contributed by atoms with Crippen LogP contribution in [0.1, 0.15) is 136 Å². The van der Waals surface area contributed by atoms with Crippen molar-refractivity contribution in [3.63, 3.8) is 0 Å². The number of quaternary nitrogens is 1. The molecule has 1 N–H and O–H groups in total. The van der Waals surface area contributed by atoms with Crippen molar-refractivity contribution in [2.75, 3.05) is 33.3 Å². The van der Waals surface area contributed by atoms with Gasteiger partial charge in [0.2, 0.25) is 0 Å². The maximum absolute atomic E-state index is 12.2. The molecule has 1 atom stereocenters. The van der Waals surface area contributed by atoms with Crippen molar-refractivity contribution in [2.45, 2.75) is 142 Å². The molecule has 0 saturated carbocycles. The van der Waals surface area contributed by atoms with Crippen molar-refractivity contribution in [2.24, 2.45) is 0 Å². The Morgan fingerprint density at radius 2 is 1.15 bits per heavy atom. The first-order valence-electron chi connectivity index (χ1n) is 14.4. The Balaban J connectivity index is 1.88. The second-order valence-corrected chi connectivity index (χ2v) is 12.1. The van der Waals surface area contributed by atoms with E-state index in [2.05, 4.69) is 20.9 Å². The van der Waals surface area contributed by atoms with Crippen molar-refractivity contribution >= 4 is 7.82 Å². The second kappa shape index (κ2) is 19.3. The molecular weight excluding hydrogens is 433 g/mol. The van der Waals surface area contributed by atoms with Gasteiger partial charge in [0, 0.05) is 12.8 Å². The highest BCUT2D eigenvalue weighted by Crippen LogP contribution is 2.46. The fourth-order valence-corrected chi connectivity index (χ4v) is 6.09. The minimum absolute atomic E-state index is 0.144. The van der Waals surface area contributed by atoms with Gasteiger partial charge in [-0.2, -0.15) is 0 Å². The summed E-state index contributed by atoms with van der Waals surface area (Å²) in [6.45, 7) is 8.00. The Morgan fingerprint density at radius 3 is 1.58 bits per heavy atom. The first-order chi connectivity index (χ1) is 15.9. The van der Waals surface area contributed by atoms with E-state index >= 15 is 0 Å². The molecule has 1 aliphatic heterocycles. The van der Waals surface area contributed by atoms with E-state index in [0.717, 1.165) is 43.3 Å². The zero-order valence-electron chi connectivity index (χ0n) is 22.4. The first-order valence-corrected chi connectivity index (χ1v) is 15.9. The number of piperidine rings is 1. The third kappa shape index (κ3) is 17.2. The molecule has 0 radical (unpaired) electrons. The summed E-state index contributed by atoms with van der Waals surface area (Å²) in [4.78, 5) is 10.0. The lowest BCUT2D eigenvalue weighted by molar-refractivity contribution is -0.915. The largest absolute Gasteiger partial charge is 0.472 e. The molecule has 198 valence electrons. The summed E-state index contributed by atoms with van der Waals surface area (Å²) in [5.74, 6) is 0. The minimum atomic E-state index is -3.91. The van der Waals surface area contributed by atoms with Crippen molar-refractivity contribution < 1.29 is 23.0 Å². The number of hydrogen-bond donors (Lipinski definition) is 1. The molecule has 0 bridgehead atoms. The number of phosphoric ester groups is 1. The quantitative estimate of drug-likeness (QED) is 0.0940. The van der Waals surface area contributed by atoms with E-state index in [1.807, 2.05) is 0 Å². The van der Waals surface area contributed by atoms with Crippen LogP contribution in [0.5, 0.6) is 0 Å². The highest BCUT2D eigenvalue weighted by molar-refractivity contribution is 7.47. The van der Waals surface area contributed by atoms with E-state index in [1.54, 1.807) is 0 Å². The molecule has 1 fully saturated rings. The van der Waals surface area contributed by atoms with Crippen LogP contribution >= 0.6 is 7.82 Å². The van der Waals surface area contributed by atoms with E-state index in [1.165, 1.54) is 103 Å². The van der Waals surface area contributed by atoms with Gasteiger partial charge >= 0.3 is 7.82 Å². The van der Waals surface area contributed by atoms with E-state index in [9.17, 15) is 9.46 Å². The van der Waals surface area contributed by atoms with Crippen LogP contribution in [0, 0.1) is 0 Å². The molecule has 1 heterocycles. The normalized spacial score (nSPS) is 23.0. The highest BCUT2D eigenvalue weighted by atomic mass is 31.2. The van der Waals surface area contributed by atoms with Crippen LogP contribution in [0.15, 0.2) is 0 Å². The molecule has 33 heavy (non-hydrogen) atoms. The Kier molecular flexibility index (Phi) is 18.2. The van der Waals surface area contributed by atoms with Crippen LogP contribution in [0.3, 0.4) is 0 Å². The summed E-state index contributed by atoms with van der Waals surface area (Å²) < 4.78 is 24.0. The molecule has 1 rings (SSSR count). The van der Waals surface area contributed by atoms with Crippen LogP contribution in [-0.4, -0.2) is 48.8 Å². The van der Waals surface area contributed by atoms with Crippen molar-refractivity contribution in [3.8, 4) is 0 Å². The molecule has 0 aromatic heterocycles. The van der Waals surface area contributed by atoms with Gasteiger partial charge in [0.25, 0.3) is 0 Å². The molecule has 0 aromatic carbocycles. The summed E-state index contributed by atoms with van der Waals surface area (Å²) in [5.41, 5.74) is 0. The van der Waals surface area contributed by atoms with E-state index < -0.39 is 7.82 Å². The van der Waals surface area contributed by atoms with Gasteiger partial charge in [-0.25, -0.2) is 4.57 Å². The van der Waals surface area contributed by atoms with Crippen LogP contribution in [-0.2, 0) is 13.6 Å². The topological polar surface area (TPSA) is 55.8 Å². The lowest BCUT2D eigenvalue weighted by Crippen LogP contribution is -2.51. The molecule has 1 aliphatic rings. The van der Waals surface area contributed by atoms with Crippen LogP contribution in [0.25, 0.3) is 0 Å². The predicted molar refractivity (Wildman–Crippen MR) is 141 cm³/mol. The number of likely N-dealkylation sites (tertiary alicyclic amines) is 1. The van der Waals surface area contributed by atoms with Gasteiger partial charge in [0.15, 0.2) is 0 Å². The Hall–Kier alpha value is 0.0700. The second-order valence-electron chi connectivity index (χ2n) is 10.7. The van der Waals surface area contributed by atoms with Crippen LogP contribution in [0.4, 0.5) is 0 Å². The zero-order valence-corrected chi connectivity index (χ0v) is 23.3. The summed E-state index contributed by atoms with van der Waals surface area (Å²) in [5, 5.41) is 0. The Bertz CT molecular complexity index is 495. The van der Waals surface area contributed by atoms with Crippen molar-refractivity contribution in [1.29, 1.82) is 0 Å². The van der Waals surface area contributed by atoms with Gasteiger partial charge in [-0.3, -0.25) is 9.05 Å². The number of rotatable bonds is 22. The van der Waals surface area contributed by atoms with Gasteiger partial charge in [-0.05, 0) is 12.8 Å². The molecule has 0 spiro atoms. The van der Waals surface area contributed by atoms with Crippen molar-refractivity contribution in [3.05, 3.63) is 0 Å². The summed E-state index contributed by atoms with van der Waals surface area (Å²) >= 11 is 0. The summed E-state index contributed by atoms with van der Waals surface area (Å²) in [6.07, 6.45) is 23.8. The number of nitrogens with zero attached hydrogens (tertiary/aromatic N) is 1. The van der Waals surface area contributed by atoms with Crippen LogP contribution in [0.2, 0.25) is 0 Å². The number of phosphoric acid groups is 1. The SMILES string of the molecule is CCCCCCCCCCCCCCCCCCOP(=O)(O)OC1CC[N+](C)(CCC)CC1. The molecular formula is C27H57NO4P+. The summed E-state index contributed by atoms with van der Waals surface area (Å²) in [6, 6.07) is 0.